The van der Waals surface area contributed by atoms with E-state index in [4.69, 9.17) is 0 Å². The molecule has 3 heterocycles. The Kier molecular flexibility index (Phi) is 7.10. The first-order valence-electron chi connectivity index (χ1n) is 11.4. The van der Waals surface area contributed by atoms with E-state index in [-0.39, 0.29) is 17.8 Å². The summed E-state index contributed by atoms with van der Waals surface area (Å²) in [5, 5.41) is 9.57. The van der Waals surface area contributed by atoms with Gasteiger partial charge in [0, 0.05) is 41.5 Å². The number of halogens is 1. The molecule has 1 aliphatic heterocycles. The third-order valence-corrected chi connectivity index (χ3v) is 8.06. The van der Waals surface area contributed by atoms with Crippen LogP contribution < -0.4 is 16.0 Å². The van der Waals surface area contributed by atoms with Crippen LogP contribution in [0.4, 0.5) is 4.39 Å². The Morgan fingerprint density at radius 2 is 2.09 bits per heavy atom. The van der Waals surface area contributed by atoms with E-state index in [1.807, 2.05) is 24.5 Å². The minimum Gasteiger partial charge on any atom is -0.351 e. The molecule has 0 spiro atoms. The van der Waals surface area contributed by atoms with E-state index >= 15 is 0 Å². The molecular formula is C26H26FN5OS2. The third kappa shape index (κ3) is 5.08. The topological polar surface area (TPSA) is 78.9 Å². The zero-order valence-corrected chi connectivity index (χ0v) is 21.2. The summed E-state index contributed by atoms with van der Waals surface area (Å²) in [7, 11) is 0. The van der Waals surface area contributed by atoms with Gasteiger partial charge in [-0.2, -0.15) is 0 Å². The highest BCUT2D eigenvalue weighted by Crippen LogP contribution is 2.39. The number of aromatic nitrogens is 2. The Morgan fingerprint density at radius 3 is 2.86 bits per heavy atom. The van der Waals surface area contributed by atoms with Gasteiger partial charge in [-0.05, 0) is 54.1 Å². The van der Waals surface area contributed by atoms with Crippen molar-refractivity contribution in [3.8, 4) is 21.7 Å². The summed E-state index contributed by atoms with van der Waals surface area (Å²) >= 11 is 3.21. The van der Waals surface area contributed by atoms with Crippen molar-refractivity contribution in [3.63, 3.8) is 0 Å². The van der Waals surface area contributed by atoms with Gasteiger partial charge in [0.1, 0.15) is 12.1 Å². The normalized spacial score (nSPS) is 15.9. The average Bonchev–Trinajstić information content (AvgIpc) is 3.34. The quantitative estimate of drug-likeness (QED) is 0.337. The van der Waals surface area contributed by atoms with Crippen LogP contribution in [0.1, 0.15) is 11.1 Å². The number of thiophene rings is 1. The molecule has 1 amide bonds. The molecule has 2 aromatic carbocycles. The molecule has 5 rings (SSSR count). The van der Waals surface area contributed by atoms with Crippen LogP contribution in [0.3, 0.4) is 0 Å². The Labute approximate surface area is 211 Å². The second-order valence-corrected chi connectivity index (χ2v) is 10.4. The summed E-state index contributed by atoms with van der Waals surface area (Å²) in [4.78, 5) is 23.9. The van der Waals surface area contributed by atoms with Crippen LogP contribution in [0.5, 0.6) is 0 Å². The van der Waals surface area contributed by atoms with E-state index in [2.05, 4.69) is 38.1 Å². The summed E-state index contributed by atoms with van der Waals surface area (Å²) in [5.41, 5.74) is 5.02. The first-order valence-corrected chi connectivity index (χ1v) is 13.5. The lowest BCUT2D eigenvalue weighted by Gasteiger charge is -2.23. The lowest BCUT2D eigenvalue weighted by atomic mass is 10.0. The molecular weight excluding hydrogens is 481 g/mol. The molecule has 1 aliphatic rings. The maximum Gasteiger partial charge on any atom is 0.238 e. The number of nitrogens with zero attached hydrogens (tertiary/aromatic N) is 2. The van der Waals surface area contributed by atoms with E-state index in [0.717, 1.165) is 55.5 Å². The zero-order chi connectivity index (χ0) is 24.4. The monoisotopic (exact) mass is 507 g/mol. The Morgan fingerprint density at radius 1 is 1.20 bits per heavy atom. The van der Waals surface area contributed by atoms with Crippen molar-refractivity contribution in [1.29, 1.82) is 0 Å². The minimum atomic E-state index is -0.238. The van der Waals surface area contributed by atoms with Crippen molar-refractivity contribution >= 4 is 39.2 Å². The lowest BCUT2D eigenvalue weighted by molar-refractivity contribution is -0.123. The number of aryl methyl sites for hydroxylation is 1. The largest absolute Gasteiger partial charge is 0.351 e. The number of carbonyl (C=O) groups is 1. The van der Waals surface area contributed by atoms with Crippen LogP contribution in [-0.4, -0.2) is 47.8 Å². The standard InChI is InChI=1S/C26H26FN5OS2/c1-15-3-4-16(9-20(15)27)23-11-21-25(35-23)24(32-14-31-21)19-10-18(34-2)6-5-17(19)12-30-26(33)22-13-28-7-8-29-22/h3-6,9-11,14,22,28-29H,7-8,12-13H2,1-2H3,(H,30,33)/t22-/m0/s1. The summed E-state index contributed by atoms with van der Waals surface area (Å²) in [6.07, 6.45) is 3.60. The molecule has 0 unspecified atom stereocenters. The predicted octanol–water partition coefficient (Wildman–Crippen LogP) is 4.37. The first kappa shape index (κ1) is 23.9. The van der Waals surface area contributed by atoms with Crippen LogP contribution >= 0.6 is 23.1 Å². The molecule has 4 aromatic rings. The Hall–Kier alpha value is -2.85. The van der Waals surface area contributed by atoms with Gasteiger partial charge in [-0.1, -0.05) is 18.2 Å². The van der Waals surface area contributed by atoms with E-state index in [1.165, 1.54) is 0 Å². The third-order valence-electron chi connectivity index (χ3n) is 6.15. The van der Waals surface area contributed by atoms with E-state index in [9.17, 15) is 9.18 Å². The molecule has 6 nitrogen and oxygen atoms in total. The molecule has 2 aromatic heterocycles. The maximum absolute atomic E-state index is 14.2. The van der Waals surface area contributed by atoms with E-state index < -0.39 is 0 Å². The molecule has 0 radical (unpaired) electrons. The van der Waals surface area contributed by atoms with Gasteiger partial charge in [-0.3, -0.25) is 4.79 Å². The molecule has 9 heteroatoms. The summed E-state index contributed by atoms with van der Waals surface area (Å²) < 4.78 is 15.2. The van der Waals surface area contributed by atoms with Crippen molar-refractivity contribution in [2.45, 2.75) is 24.4 Å². The van der Waals surface area contributed by atoms with Gasteiger partial charge in [0.05, 0.1) is 22.0 Å². The number of benzene rings is 2. The number of fused-ring (bicyclic) bond motifs is 1. The molecule has 0 bridgehead atoms. The van der Waals surface area contributed by atoms with Gasteiger partial charge in [-0.25, -0.2) is 14.4 Å². The fraction of sp³-hybridized carbons (Fsp3) is 0.269. The molecule has 180 valence electrons. The molecule has 0 aliphatic carbocycles. The van der Waals surface area contributed by atoms with Gasteiger partial charge < -0.3 is 16.0 Å². The number of hydrogen-bond acceptors (Lipinski definition) is 7. The van der Waals surface area contributed by atoms with Gasteiger partial charge in [0.25, 0.3) is 0 Å². The van der Waals surface area contributed by atoms with Crippen LogP contribution in [0.2, 0.25) is 0 Å². The maximum atomic E-state index is 14.2. The number of thioether (sulfide) groups is 1. The zero-order valence-electron chi connectivity index (χ0n) is 19.5. The van der Waals surface area contributed by atoms with E-state index in [0.29, 0.717) is 18.7 Å². The first-order chi connectivity index (χ1) is 17.0. The lowest BCUT2D eigenvalue weighted by Crippen LogP contribution is -2.55. The van der Waals surface area contributed by atoms with Crippen molar-refractivity contribution < 1.29 is 9.18 Å². The fourth-order valence-corrected chi connectivity index (χ4v) is 5.69. The highest BCUT2D eigenvalue weighted by molar-refractivity contribution is 7.98. The van der Waals surface area contributed by atoms with Crippen LogP contribution in [-0.2, 0) is 11.3 Å². The molecule has 1 atom stereocenters. The van der Waals surface area contributed by atoms with E-state index in [1.54, 1.807) is 48.5 Å². The fourth-order valence-electron chi connectivity index (χ4n) is 4.14. The SMILES string of the molecule is CSc1ccc(CNC(=O)[C@@H]2CNCCN2)c(-c2ncnc3cc(-c4ccc(C)c(F)c4)sc23)c1. The Balaban J connectivity index is 1.51. The minimum absolute atomic E-state index is 0.0234. The summed E-state index contributed by atoms with van der Waals surface area (Å²) in [5.74, 6) is -0.246. The van der Waals surface area contributed by atoms with Gasteiger partial charge in [-0.15, -0.1) is 23.1 Å². The summed E-state index contributed by atoms with van der Waals surface area (Å²) in [6, 6.07) is 13.3. The number of nitrogens with one attached hydrogen (secondary N) is 3. The van der Waals surface area contributed by atoms with Gasteiger partial charge in [0.15, 0.2) is 0 Å². The number of rotatable bonds is 6. The Bertz CT molecular complexity index is 1380. The number of carbonyl (C=O) groups excluding carboxylic acids is 1. The highest BCUT2D eigenvalue weighted by Gasteiger charge is 2.21. The molecule has 1 saturated heterocycles. The number of piperazine rings is 1. The average molecular weight is 508 g/mol. The van der Waals surface area contributed by atoms with Crippen molar-refractivity contribution in [2.75, 3.05) is 25.9 Å². The molecule has 1 fully saturated rings. The van der Waals surface area contributed by atoms with Gasteiger partial charge >= 0.3 is 0 Å². The predicted molar refractivity (Wildman–Crippen MR) is 141 cm³/mol. The second-order valence-electron chi connectivity index (χ2n) is 8.46. The summed E-state index contributed by atoms with van der Waals surface area (Å²) in [6.45, 7) is 4.41. The molecule has 0 saturated carbocycles. The number of amides is 1. The van der Waals surface area contributed by atoms with Crippen LogP contribution in [0, 0.1) is 12.7 Å². The van der Waals surface area contributed by atoms with Crippen molar-refractivity contribution in [2.24, 2.45) is 0 Å². The second kappa shape index (κ2) is 10.4. The molecule has 35 heavy (non-hydrogen) atoms. The number of hydrogen-bond donors (Lipinski definition) is 3. The highest BCUT2D eigenvalue weighted by atomic mass is 32.2. The van der Waals surface area contributed by atoms with Crippen molar-refractivity contribution in [3.05, 3.63) is 65.7 Å². The van der Waals surface area contributed by atoms with Crippen LogP contribution in [0.25, 0.3) is 31.9 Å². The van der Waals surface area contributed by atoms with Crippen molar-refractivity contribution in [1.82, 2.24) is 25.9 Å². The van der Waals surface area contributed by atoms with Crippen LogP contribution in [0.15, 0.2) is 53.7 Å². The molecule has 3 N–H and O–H groups in total. The van der Waals surface area contributed by atoms with Gasteiger partial charge in [0.2, 0.25) is 5.91 Å². The smallest absolute Gasteiger partial charge is 0.238 e.